The Morgan fingerprint density at radius 3 is 2.05 bits per heavy atom. The van der Waals surface area contributed by atoms with Crippen LogP contribution in [0.1, 0.15) is 11.1 Å². The SMILES string of the molecule is C[Si](C)(C)CCOC(=O)NCC(=O)NCC(=O)N[C@@H](Cc1ccccc1)C(=O)NCC(=O)Nc1ccc(CO)cc1. The predicted octanol–water partition coefficient (Wildman–Crippen LogP) is 1.14. The second-order valence-corrected chi connectivity index (χ2v) is 16.1. The van der Waals surface area contributed by atoms with Gasteiger partial charge >= 0.3 is 6.09 Å². The van der Waals surface area contributed by atoms with E-state index in [2.05, 4.69) is 46.2 Å². The van der Waals surface area contributed by atoms with Gasteiger partial charge in [-0.05, 0) is 29.3 Å². The van der Waals surface area contributed by atoms with Crippen molar-refractivity contribution in [3.05, 3.63) is 65.7 Å². The lowest BCUT2D eigenvalue weighted by Crippen LogP contribution is -2.52. The predicted molar refractivity (Wildman–Crippen MR) is 157 cm³/mol. The van der Waals surface area contributed by atoms with Crippen molar-refractivity contribution < 1.29 is 33.8 Å². The molecule has 41 heavy (non-hydrogen) atoms. The molecule has 0 unspecified atom stereocenters. The fourth-order valence-corrected chi connectivity index (χ4v) is 4.10. The number of alkyl carbamates (subject to hydrolysis) is 1. The minimum absolute atomic E-state index is 0.118. The molecule has 12 nitrogen and oxygen atoms in total. The van der Waals surface area contributed by atoms with Crippen LogP contribution in [-0.4, -0.2) is 75.2 Å². The Hall–Kier alpha value is -4.23. The van der Waals surface area contributed by atoms with E-state index < -0.39 is 50.4 Å². The number of nitrogens with one attached hydrogen (secondary N) is 5. The molecule has 2 rings (SSSR count). The van der Waals surface area contributed by atoms with Gasteiger partial charge in [-0.15, -0.1) is 0 Å². The smallest absolute Gasteiger partial charge is 0.407 e. The molecular formula is C28H39N5O7Si. The molecule has 0 spiro atoms. The van der Waals surface area contributed by atoms with Crippen molar-refractivity contribution in [2.45, 2.75) is 44.8 Å². The molecule has 0 heterocycles. The van der Waals surface area contributed by atoms with Crippen molar-refractivity contribution in [2.24, 2.45) is 0 Å². The molecule has 0 radical (unpaired) electrons. The van der Waals surface area contributed by atoms with E-state index in [1.165, 1.54) is 0 Å². The number of ether oxygens (including phenoxy) is 1. The van der Waals surface area contributed by atoms with Crippen molar-refractivity contribution in [1.82, 2.24) is 21.3 Å². The summed E-state index contributed by atoms with van der Waals surface area (Å²) in [6.07, 6.45) is -0.560. The molecule has 0 aliphatic rings. The fraction of sp³-hybridized carbons (Fsp3) is 0.393. The van der Waals surface area contributed by atoms with Gasteiger partial charge in [0.15, 0.2) is 0 Å². The van der Waals surface area contributed by atoms with Crippen LogP contribution in [0.15, 0.2) is 54.6 Å². The summed E-state index contributed by atoms with van der Waals surface area (Å²) in [5.74, 6) is -2.28. The molecule has 0 aliphatic heterocycles. The zero-order chi connectivity index (χ0) is 30.3. The van der Waals surface area contributed by atoms with Crippen molar-refractivity contribution in [1.29, 1.82) is 0 Å². The highest BCUT2D eigenvalue weighted by Crippen LogP contribution is 2.09. The van der Waals surface area contributed by atoms with Gasteiger partial charge in [0.2, 0.25) is 23.6 Å². The lowest BCUT2D eigenvalue weighted by molar-refractivity contribution is -0.130. The van der Waals surface area contributed by atoms with E-state index in [1.807, 2.05) is 6.07 Å². The number of anilines is 1. The first-order valence-corrected chi connectivity index (χ1v) is 16.9. The third kappa shape index (κ3) is 14.1. The Labute approximate surface area is 240 Å². The highest BCUT2D eigenvalue weighted by atomic mass is 28.3. The summed E-state index contributed by atoms with van der Waals surface area (Å²) in [6, 6.07) is 15.4. The van der Waals surface area contributed by atoms with Crippen LogP contribution in [0.25, 0.3) is 0 Å². The van der Waals surface area contributed by atoms with Gasteiger partial charge in [0.25, 0.3) is 0 Å². The minimum atomic E-state index is -1.36. The summed E-state index contributed by atoms with van der Waals surface area (Å²) >= 11 is 0. The summed E-state index contributed by atoms with van der Waals surface area (Å²) in [5.41, 5.74) is 1.97. The molecule has 13 heteroatoms. The van der Waals surface area contributed by atoms with Gasteiger partial charge in [-0.25, -0.2) is 4.79 Å². The van der Waals surface area contributed by atoms with Crippen LogP contribution < -0.4 is 26.6 Å². The van der Waals surface area contributed by atoms with Crippen molar-refractivity contribution in [3.8, 4) is 0 Å². The molecule has 0 aromatic heterocycles. The molecule has 0 fully saturated rings. The van der Waals surface area contributed by atoms with E-state index in [0.717, 1.165) is 11.6 Å². The summed E-state index contributed by atoms with van der Waals surface area (Å²) in [6.45, 7) is 5.48. The summed E-state index contributed by atoms with van der Waals surface area (Å²) in [4.78, 5) is 61.6. The molecule has 222 valence electrons. The van der Waals surface area contributed by atoms with E-state index >= 15 is 0 Å². The second-order valence-electron chi connectivity index (χ2n) is 10.5. The average Bonchev–Trinajstić information content (AvgIpc) is 2.93. The Bertz CT molecular complexity index is 1170. The van der Waals surface area contributed by atoms with E-state index in [-0.39, 0.29) is 32.7 Å². The Balaban J connectivity index is 1.83. The Kier molecular flexibility index (Phi) is 13.5. The Morgan fingerprint density at radius 1 is 0.780 bits per heavy atom. The molecule has 0 saturated carbocycles. The molecule has 2 aromatic carbocycles. The molecule has 5 amide bonds. The normalized spacial score (nSPS) is 11.5. The van der Waals surface area contributed by atoms with Crippen LogP contribution in [0.4, 0.5) is 10.5 Å². The zero-order valence-corrected chi connectivity index (χ0v) is 24.6. The summed E-state index contributed by atoms with van der Waals surface area (Å²) in [5, 5.41) is 21.6. The van der Waals surface area contributed by atoms with Gasteiger partial charge in [-0.1, -0.05) is 62.1 Å². The number of aliphatic hydroxyl groups is 1. The van der Waals surface area contributed by atoms with Gasteiger partial charge in [-0.2, -0.15) is 0 Å². The van der Waals surface area contributed by atoms with Crippen LogP contribution in [-0.2, 0) is 36.9 Å². The molecule has 1 atom stereocenters. The van der Waals surface area contributed by atoms with Crippen molar-refractivity contribution in [3.63, 3.8) is 0 Å². The first-order chi connectivity index (χ1) is 19.4. The van der Waals surface area contributed by atoms with Crippen molar-refractivity contribution in [2.75, 3.05) is 31.6 Å². The average molecular weight is 586 g/mol. The van der Waals surface area contributed by atoms with Gasteiger partial charge in [0.05, 0.1) is 26.3 Å². The molecule has 0 saturated heterocycles. The fourth-order valence-electron chi connectivity index (χ4n) is 3.39. The molecular weight excluding hydrogens is 546 g/mol. The van der Waals surface area contributed by atoms with Crippen LogP contribution in [0.2, 0.25) is 25.7 Å². The number of rotatable bonds is 15. The Morgan fingerprint density at radius 2 is 1.41 bits per heavy atom. The highest BCUT2D eigenvalue weighted by Gasteiger charge is 2.22. The quantitative estimate of drug-likeness (QED) is 0.170. The third-order valence-corrected chi connectivity index (χ3v) is 7.41. The maximum atomic E-state index is 12.9. The number of carbonyl (C=O) groups is 5. The number of carbonyl (C=O) groups excluding carboxylic acids is 5. The van der Waals surface area contributed by atoms with Gasteiger partial charge in [-0.3, -0.25) is 19.2 Å². The van der Waals surface area contributed by atoms with Gasteiger partial charge in [0.1, 0.15) is 12.6 Å². The van der Waals surface area contributed by atoms with Crippen LogP contribution >= 0.6 is 0 Å². The second kappa shape index (κ2) is 16.8. The first kappa shape index (κ1) is 33.0. The number of hydrogen-bond donors (Lipinski definition) is 6. The number of hydrogen-bond acceptors (Lipinski definition) is 7. The topological polar surface area (TPSA) is 175 Å². The van der Waals surface area contributed by atoms with Crippen molar-refractivity contribution >= 4 is 43.5 Å². The molecule has 0 bridgehead atoms. The lowest BCUT2D eigenvalue weighted by atomic mass is 10.1. The van der Waals surface area contributed by atoms with E-state index in [1.54, 1.807) is 48.5 Å². The molecule has 6 N–H and O–H groups in total. The summed E-state index contributed by atoms with van der Waals surface area (Å²) in [7, 11) is -1.36. The van der Waals surface area contributed by atoms with E-state index in [4.69, 9.17) is 9.84 Å². The molecule has 0 aliphatic carbocycles. The lowest BCUT2D eigenvalue weighted by Gasteiger charge is -2.19. The number of aliphatic hydroxyl groups excluding tert-OH is 1. The minimum Gasteiger partial charge on any atom is -0.450 e. The van der Waals surface area contributed by atoms with E-state index in [9.17, 15) is 24.0 Å². The third-order valence-electron chi connectivity index (χ3n) is 5.70. The standard InChI is InChI=1S/C28H39N5O7Si/c1-41(2,3)14-13-40-28(39)31-16-24(35)29-17-26(37)33-23(15-20-7-5-4-6-8-20)27(38)30-18-25(36)32-22-11-9-21(19-34)10-12-22/h4-12,23,34H,13-19H2,1-3H3,(H,29,35)(H,30,38)(H,31,39)(H,32,36)(H,33,37)/t23-/m0/s1. The maximum Gasteiger partial charge on any atom is 0.407 e. The van der Waals surface area contributed by atoms with Crippen LogP contribution in [0.3, 0.4) is 0 Å². The highest BCUT2D eigenvalue weighted by molar-refractivity contribution is 6.76. The largest absolute Gasteiger partial charge is 0.450 e. The first-order valence-electron chi connectivity index (χ1n) is 13.2. The zero-order valence-electron chi connectivity index (χ0n) is 23.6. The van der Waals surface area contributed by atoms with Crippen LogP contribution in [0, 0.1) is 0 Å². The van der Waals surface area contributed by atoms with Crippen LogP contribution in [0.5, 0.6) is 0 Å². The maximum absolute atomic E-state index is 12.9. The van der Waals surface area contributed by atoms with E-state index in [0.29, 0.717) is 11.3 Å². The van der Waals surface area contributed by atoms with Gasteiger partial charge < -0.3 is 36.4 Å². The van der Waals surface area contributed by atoms with Gasteiger partial charge in [0, 0.05) is 20.2 Å². The molecule has 2 aromatic rings. The number of amides is 5. The summed E-state index contributed by atoms with van der Waals surface area (Å²) < 4.78 is 5.06. The monoisotopic (exact) mass is 585 g/mol. The number of benzene rings is 2.